The van der Waals surface area contributed by atoms with Gasteiger partial charge in [-0.3, -0.25) is 0 Å². The van der Waals surface area contributed by atoms with Gasteiger partial charge in [0.1, 0.15) is 11.2 Å². The largest absolute Gasteiger partial charge is 0.456 e. The Morgan fingerprint density at radius 1 is 0.271 bits per heavy atom. The number of hydrogen-bond acceptors (Lipinski definition) is 4. The van der Waals surface area contributed by atoms with Gasteiger partial charge in [-0.2, -0.15) is 0 Å². The molecule has 3 aromatic heterocycles. The van der Waals surface area contributed by atoms with Crippen LogP contribution >= 0.6 is 0 Å². The average molecular weight is 891 g/mol. The number of fused-ring (bicyclic) bond motifs is 13. The molecule has 70 heavy (non-hydrogen) atoms. The highest BCUT2D eigenvalue weighted by atomic mass is 16.3. The molecule has 5 nitrogen and oxygen atoms in total. The summed E-state index contributed by atoms with van der Waals surface area (Å²) in [5, 5.41) is 16.4. The number of rotatable bonds is 5. The van der Waals surface area contributed by atoms with E-state index in [2.05, 4.69) is 229 Å². The van der Waals surface area contributed by atoms with Gasteiger partial charge in [0, 0.05) is 43.9 Å². The normalized spacial score (nSPS) is 12.0. The molecule has 0 radical (unpaired) electrons. The van der Waals surface area contributed by atoms with Crippen LogP contribution in [0.3, 0.4) is 0 Å². The number of hydrogen-bond donors (Lipinski definition) is 0. The summed E-state index contributed by atoms with van der Waals surface area (Å²) < 4.78 is 9.10. The minimum Gasteiger partial charge on any atom is -0.456 e. The lowest BCUT2D eigenvalue weighted by molar-refractivity contribution is 0.669. The molecule has 0 fully saturated rings. The van der Waals surface area contributed by atoms with Crippen molar-refractivity contribution in [3.8, 4) is 51.0 Å². The van der Waals surface area contributed by atoms with Gasteiger partial charge in [0.25, 0.3) is 0 Å². The summed E-state index contributed by atoms with van der Waals surface area (Å²) >= 11 is 0. The number of nitrogens with zero attached hydrogens (tertiary/aromatic N) is 4. The fourth-order valence-corrected chi connectivity index (χ4v) is 10.9. The predicted molar refractivity (Wildman–Crippen MR) is 291 cm³/mol. The quantitative estimate of drug-likeness (QED) is 0.162. The SMILES string of the molecule is c1ccc(-c2ccc(-c3nc(-c4ccc5c(ccc6ccccc65)c4)nc(-c4ccc5oc6ccc7ccc(-n8c9cc%10ccccc%10cc9c9cc%10ccccc%10cc98)cc7c6c5c4)n3)cc2)cc1. The highest BCUT2D eigenvalue weighted by Crippen LogP contribution is 2.41. The Labute approximate surface area is 401 Å². The first-order valence-electron chi connectivity index (χ1n) is 23.7. The topological polar surface area (TPSA) is 56.7 Å². The van der Waals surface area contributed by atoms with Crippen molar-refractivity contribution in [3.05, 3.63) is 231 Å². The zero-order valence-electron chi connectivity index (χ0n) is 37.6. The molecule has 0 aliphatic rings. The van der Waals surface area contributed by atoms with E-state index in [1.54, 1.807) is 0 Å². The smallest absolute Gasteiger partial charge is 0.164 e. The maximum absolute atomic E-state index is 6.66. The van der Waals surface area contributed by atoms with Crippen LogP contribution in [0.5, 0.6) is 0 Å². The van der Waals surface area contributed by atoms with E-state index >= 15 is 0 Å². The second kappa shape index (κ2) is 15.0. The van der Waals surface area contributed by atoms with Crippen LogP contribution < -0.4 is 0 Å². The summed E-state index contributed by atoms with van der Waals surface area (Å²) in [7, 11) is 0. The molecule has 0 unspecified atom stereocenters. The summed E-state index contributed by atoms with van der Waals surface area (Å²) in [4.78, 5) is 15.7. The summed E-state index contributed by atoms with van der Waals surface area (Å²) in [6.45, 7) is 0. The van der Waals surface area contributed by atoms with E-state index < -0.39 is 0 Å². The first-order valence-corrected chi connectivity index (χ1v) is 23.7. The van der Waals surface area contributed by atoms with Crippen LogP contribution in [0.1, 0.15) is 0 Å². The van der Waals surface area contributed by atoms with E-state index in [-0.39, 0.29) is 0 Å². The van der Waals surface area contributed by atoms with E-state index in [9.17, 15) is 0 Å². The minimum atomic E-state index is 0.590. The Hall–Kier alpha value is -9.45. The second-order valence-electron chi connectivity index (χ2n) is 18.4. The minimum absolute atomic E-state index is 0.590. The van der Waals surface area contributed by atoms with Crippen LogP contribution in [0.4, 0.5) is 0 Å². The van der Waals surface area contributed by atoms with Gasteiger partial charge in [-0.15, -0.1) is 0 Å². The summed E-state index contributed by atoms with van der Waals surface area (Å²) in [5.41, 5.74) is 10.1. The number of aromatic nitrogens is 4. The Kier molecular flexibility index (Phi) is 8.29. The molecular weight excluding hydrogens is 853 g/mol. The predicted octanol–water partition coefficient (Wildman–Crippen LogP) is 17.3. The van der Waals surface area contributed by atoms with Crippen molar-refractivity contribution in [2.45, 2.75) is 0 Å². The molecule has 0 atom stereocenters. The fraction of sp³-hybridized carbons (Fsp3) is 0. The van der Waals surface area contributed by atoms with Crippen molar-refractivity contribution in [2.75, 3.05) is 0 Å². The van der Waals surface area contributed by atoms with Crippen LogP contribution in [0.15, 0.2) is 235 Å². The first kappa shape index (κ1) is 38.6. The first-order chi connectivity index (χ1) is 34.6. The van der Waals surface area contributed by atoms with E-state index in [1.165, 1.54) is 59.5 Å². The molecule has 15 aromatic rings. The highest BCUT2D eigenvalue weighted by molar-refractivity contribution is 6.21. The zero-order chi connectivity index (χ0) is 45.9. The van der Waals surface area contributed by atoms with Crippen molar-refractivity contribution in [2.24, 2.45) is 0 Å². The average Bonchev–Trinajstić information content (AvgIpc) is 3.96. The maximum atomic E-state index is 6.66. The van der Waals surface area contributed by atoms with Crippen LogP contribution in [-0.2, 0) is 0 Å². The molecule has 0 aliphatic heterocycles. The molecule has 3 heterocycles. The van der Waals surface area contributed by atoms with Gasteiger partial charge in [-0.05, 0) is 132 Å². The van der Waals surface area contributed by atoms with Crippen molar-refractivity contribution >= 4 is 97.6 Å². The lowest BCUT2D eigenvalue weighted by Gasteiger charge is -2.11. The van der Waals surface area contributed by atoms with Gasteiger partial charge >= 0.3 is 0 Å². The molecule has 0 saturated carbocycles. The third-order valence-corrected chi connectivity index (χ3v) is 14.3. The highest BCUT2D eigenvalue weighted by Gasteiger charge is 2.19. The summed E-state index contributed by atoms with van der Waals surface area (Å²) in [5.74, 6) is 1.81. The molecular formula is C65H38N4O. The van der Waals surface area contributed by atoms with Crippen LogP contribution in [0.2, 0.25) is 0 Å². The lowest BCUT2D eigenvalue weighted by Crippen LogP contribution is -2.00. The standard InChI is InChI=1S/C65H38N4O/c1-2-10-39(11-3-1)40-18-21-43(22-19-40)63-66-64(49-25-29-53-48(32-49)23-20-41-12-8-9-17-52(41)53)68-65(67-63)50-27-30-60-57(35-50)62-54-38-51(28-24-42(54)26-31-61(62)70-60)69-58-36-46-15-6-4-13-44(46)33-55(58)56-34-45-14-5-7-16-47(45)37-59(56)69/h1-38H. The van der Waals surface area contributed by atoms with E-state index in [4.69, 9.17) is 19.4 Å². The third-order valence-electron chi connectivity index (χ3n) is 14.3. The van der Waals surface area contributed by atoms with Crippen LogP contribution in [0.25, 0.3) is 149 Å². The Balaban J connectivity index is 0.921. The van der Waals surface area contributed by atoms with Crippen molar-refractivity contribution in [1.82, 2.24) is 19.5 Å². The van der Waals surface area contributed by atoms with Gasteiger partial charge in [-0.25, -0.2) is 15.0 Å². The van der Waals surface area contributed by atoms with Crippen molar-refractivity contribution in [3.63, 3.8) is 0 Å². The molecule has 324 valence electrons. The monoisotopic (exact) mass is 890 g/mol. The van der Waals surface area contributed by atoms with E-state index in [0.717, 1.165) is 71.6 Å². The fourth-order valence-electron chi connectivity index (χ4n) is 10.9. The van der Waals surface area contributed by atoms with E-state index in [0.29, 0.717) is 17.5 Å². The van der Waals surface area contributed by atoms with Crippen LogP contribution in [-0.4, -0.2) is 19.5 Å². The molecule has 0 amide bonds. The lowest BCUT2D eigenvalue weighted by atomic mass is 10.00. The molecule has 0 bridgehead atoms. The zero-order valence-corrected chi connectivity index (χ0v) is 37.6. The van der Waals surface area contributed by atoms with Gasteiger partial charge in [0.2, 0.25) is 0 Å². The number of benzene rings is 12. The van der Waals surface area contributed by atoms with Gasteiger partial charge in [-0.1, -0.05) is 164 Å². The van der Waals surface area contributed by atoms with Gasteiger partial charge in [0.05, 0.1) is 11.0 Å². The van der Waals surface area contributed by atoms with Gasteiger partial charge < -0.3 is 8.98 Å². The summed E-state index contributed by atoms with van der Waals surface area (Å²) in [6.07, 6.45) is 0. The molecule has 0 N–H and O–H groups in total. The van der Waals surface area contributed by atoms with Crippen LogP contribution in [0, 0.1) is 0 Å². The Bertz CT molecular complexity index is 4550. The second-order valence-corrected chi connectivity index (χ2v) is 18.4. The molecule has 5 heteroatoms. The third kappa shape index (κ3) is 6.08. The van der Waals surface area contributed by atoms with Crippen molar-refractivity contribution in [1.29, 1.82) is 0 Å². The molecule has 12 aromatic carbocycles. The maximum Gasteiger partial charge on any atom is 0.164 e. The Morgan fingerprint density at radius 3 is 1.47 bits per heavy atom. The van der Waals surface area contributed by atoms with E-state index in [1.807, 2.05) is 6.07 Å². The van der Waals surface area contributed by atoms with Gasteiger partial charge in [0.15, 0.2) is 17.5 Å². The Morgan fingerprint density at radius 2 is 0.757 bits per heavy atom. The molecule has 0 aliphatic carbocycles. The molecule has 0 spiro atoms. The number of furan rings is 1. The van der Waals surface area contributed by atoms with Crippen molar-refractivity contribution < 1.29 is 4.42 Å². The molecule has 15 rings (SSSR count). The molecule has 0 saturated heterocycles. The summed E-state index contributed by atoms with van der Waals surface area (Å²) in [6, 6.07) is 82.4.